The lowest BCUT2D eigenvalue weighted by Gasteiger charge is -2.42. The minimum atomic E-state index is -0.274. The van der Waals surface area contributed by atoms with Crippen LogP contribution in [0.25, 0.3) is 53.7 Å². The van der Waals surface area contributed by atoms with Crippen molar-refractivity contribution in [2.75, 3.05) is 4.90 Å². The van der Waals surface area contributed by atoms with Gasteiger partial charge in [-0.2, -0.15) is 9.97 Å². The zero-order valence-corrected chi connectivity index (χ0v) is 25.7. The molecule has 1 aliphatic heterocycles. The van der Waals surface area contributed by atoms with Gasteiger partial charge in [-0.25, -0.2) is 4.98 Å². The van der Waals surface area contributed by atoms with Gasteiger partial charge in [-0.1, -0.05) is 135 Å². The van der Waals surface area contributed by atoms with E-state index >= 15 is 0 Å². The zero-order chi connectivity index (χ0) is 30.1. The van der Waals surface area contributed by atoms with E-state index in [9.17, 15) is 0 Å². The van der Waals surface area contributed by atoms with Gasteiger partial charge in [0.2, 0.25) is 5.95 Å². The Morgan fingerprint density at radius 2 is 1.11 bits per heavy atom. The van der Waals surface area contributed by atoms with Crippen LogP contribution in [0.1, 0.15) is 25.0 Å². The number of benzene rings is 6. The summed E-state index contributed by atoms with van der Waals surface area (Å²) >= 11 is 1.85. The van der Waals surface area contributed by atoms with Crippen LogP contribution < -0.4 is 4.90 Å². The van der Waals surface area contributed by atoms with Crippen LogP contribution in [0.4, 0.5) is 17.3 Å². The molecule has 214 valence electrons. The number of hydrogen-bond donors (Lipinski definition) is 0. The number of aromatic nitrogens is 3. The van der Waals surface area contributed by atoms with Crippen molar-refractivity contribution in [1.29, 1.82) is 0 Å². The van der Waals surface area contributed by atoms with Crippen LogP contribution >= 0.6 is 11.3 Å². The first-order chi connectivity index (χ1) is 22.1. The maximum atomic E-state index is 5.25. The molecule has 45 heavy (non-hydrogen) atoms. The van der Waals surface area contributed by atoms with Gasteiger partial charge >= 0.3 is 0 Å². The average molecular weight is 597 g/mol. The molecule has 5 heteroatoms. The number of nitrogens with zero attached hydrogens (tertiary/aromatic N) is 4. The van der Waals surface area contributed by atoms with Crippen molar-refractivity contribution in [1.82, 2.24) is 15.0 Å². The molecular formula is C40H28N4S. The van der Waals surface area contributed by atoms with Crippen molar-refractivity contribution in [3.05, 3.63) is 145 Å². The highest BCUT2D eigenvalue weighted by Gasteiger charge is 2.41. The molecule has 6 aromatic carbocycles. The standard InChI is InChI=1S/C40H28N4S/c1-40(2)30-22-12-13-23-31(30)44(39-42-37(25-15-5-3-6-16-25)41-38(43-39)26-17-7-4-8-18-26)35-34(40)28-20-10-9-19-27(28)33-29-21-11-14-24-32(29)45-36(33)35/h3-24H,1-2H3. The van der Waals surface area contributed by atoms with Crippen LogP contribution in [0, 0.1) is 0 Å². The highest BCUT2D eigenvalue weighted by Crippen LogP contribution is 2.58. The van der Waals surface area contributed by atoms with Crippen molar-refractivity contribution in [2.45, 2.75) is 19.3 Å². The molecule has 8 aromatic rings. The predicted molar refractivity (Wildman–Crippen MR) is 188 cm³/mol. The van der Waals surface area contributed by atoms with Gasteiger partial charge in [-0.3, -0.25) is 4.90 Å². The summed E-state index contributed by atoms with van der Waals surface area (Å²) in [5.41, 5.74) is 6.41. The fourth-order valence-electron chi connectivity index (χ4n) is 7.04. The van der Waals surface area contributed by atoms with Crippen LogP contribution in [-0.2, 0) is 5.41 Å². The van der Waals surface area contributed by atoms with Crippen LogP contribution in [0.3, 0.4) is 0 Å². The Labute approximate surface area is 265 Å². The fourth-order valence-corrected chi connectivity index (χ4v) is 8.30. The zero-order valence-electron chi connectivity index (χ0n) is 24.9. The number of fused-ring (bicyclic) bond motifs is 9. The average Bonchev–Trinajstić information content (AvgIpc) is 3.49. The third-order valence-corrected chi connectivity index (χ3v) is 10.2. The Balaban J connectivity index is 1.45. The topological polar surface area (TPSA) is 41.9 Å². The second-order valence-electron chi connectivity index (χ2n) is 12.1. The molecule has 0 saturated carbocycles. The Kier molecular flexibility index (Phi) is 5.68. The van der Waals surface area contributed by atoms with Crippen molar-refractivity contribution in [3.63, 3.8) is 0 Å². The van der Waals surface area contributed by atoms with E-state index in [0.29, 0.717) is 17.6 Å². The molecule has 0 saturated heterocycles. The summed E-state index contributed by atoms with van der Waals surface area (Å²) in [5.74, 6) is 1.91. The van der Waals surface area contributed by atoms with Gasteiger partial charge in [0, 0.05) is 32.0 Å². The number of anilines is 3. The molecular weight excluding hydrogens is 569 g/mol. The molecule has 0 fully saturated rings. The molecule has 4 nitrogen and oxygen atoms in total. The van der Waals surface area contributed by atoms with E-state index in [2.05, 4.69) is 116 Å². The van der Waals surface area contributed by atoms with Crippen molar-refractivity contribution in [2.24, 2.45) is 0 Å². The lowest BCUT2D eigenvalue weighted by molar-refractivity contribution is 0.638. The summed E-state index contributed by atoms with van der Waals surface area (Å²) in [6, 6.07) is 46.8. The summed E-state index contributed by atoms with van der Waals surface area (Å²) in [4.78, 5) is 17.8. The lowest BCUT2D eigenvalue weighted by Crippen LogP contribution is -2.32. The maximum absolute atomic E-state index is 5.25. The van der Waals surface area contributed by atoms with Crippen LogP contribution in [0.15, 0.2) is 133 Å². The molecule has 9 rings (SSSR count). The monoisotopic (exact) mass is 596 g/mol. The Morgan fingerprint density at radius 1 is 0.556 bits per heavy atom. The molecule has 0 aliphatic carbocycles. The van der Waals surface area contributed by atoms with Gasteiger partial charge in [0.05, 0.1) is 16.1 Å². The van der Waals surface area contributed by atoms with E-state index < -0.39 is 0 Å². The van der Waals surface area contributed by atoms with Crippen molar-refractivity contribution < 1.29 is 0 Å². The maximum Gasteiger partial charge on any atom is 0.238 e. The van der Waals surface area contributed by atoms with Gasteiger partial charge in [0.15, 0.2) is 11.6 Å². The Bertz CT molecular complexity index is 2350. The third-order valence-electron chi connectivity index (χ3n) is 9.07. The minimum Gasteiger partial charge on any atom is -0.277 e. The summed E-state index contributed by atoms with van der Waals surface area (Å²) in [6.45, 7) is 4.71. The minimum absolute atomic E-state index is 0.274. The van der Waals surface area contributed by atoms with Gasteiger partial charge in [0.25, 0.3) is 0 Å². The second-order valence-corrected chi connectivity index (χ2v) is 13.1. The van der Waals surface area contributed by atoms with E-state index in [-0.39, 0.29) is 5.41 Å². The van der Waals surface area contributed by atoms with Gasteiger partial charge in [-0.15, -0.1) is 11.3 Å². The molecule has 3 heterocycles. The second kappa shape index (κ2) is 9.81. The SMILES string of the molecule is CC1(C)c2ccccc2N(c2nc(-c3ccccc3)nc(-c3ccccc3)n2)c2c1c1ccccc1c1c2sc2ccccc21. The first-order valence-corrected chi connectivity index (χ1v) is 16.0. The number of hydrogen-bond acceptors (Lipinski definition) is 5. The highest BCUT2D eigenvalue weighted by atomic mass is 32.1. The third kappa shape index (κ3) is 3.87. The number of thiophene rings is 1. The van der Waals surface area contributed by atoms with Crippen LogP contribution in [-0.4, -0.2) is 15.0 Å². The fraction of sp³-hybridized carbons (Fsp3) is 0.0750. The number of para-hydroxylation sites is 1. The molecule has 0 amide bonds. The predicted octanol–water partition coefficient (Wildman–Crippen LogP) is 10.8. The van der Waals surface area contributed by atoms with E-state index in [4.69, 9.17) is 15.0 Å². The molecule has 0 N–H and O–H groups in total. The molecule has 2 aromatic heterocycles. The molecule has 0 bridgehead atoms. The van der Waals surface area contributed by atoms with Gasteiger partial charge < -0.3 is 0 Å². The van der Waals surface area contributed by atoms with Crippen LogP contribution in [0.5, 0.6) is 0 Å². The van der Waals surface area contributed by atoms with E-state index in [1.165, 1.54) is 42.1 Å². The van der Waals surface area contributed by atoms with Gasteiger partial charge in [-0.05, 0) is 34.0 Å². The van der Waals surface area contributed by atoms with E-state index in [1.807, 2.05) is 47.7 Å². The quantitative estimate of drug-likeness (QED) is 0.203. The van der Waals surface area contributed by atoms with Gasteiger partial charge in [0.1, 0.15) is 0 Å². The smallest absolute Gasteiger partial charge is 0.238 e. The normalized spacial score (nSPS) is 13.7. The summed E-state index contributed by atoms with van der Waals surface area (Å²) in [6.07, 6.45) is 0. The van der Waals surface area contributed by atoms with Crippen molar-refractivity contribution in [3.8, 4) is 22.8 Å². The lowest BCUT2D eigenvalue weighted by atomic mass is 9.71. The van der Waals surface area contributed by atoms with E-state index in [0.717, 1.165) is 22.5 Å². The molecule has 0 unspecified atom stereocenters. The first-order valence-electron chi connectivity index (χ1n) is 15.2. The molecule has 1 aliphatic rings. The Morgan fingerprint density at radius 3 is 1.80 bits per heavy atom. The largest absolute Gasteiger partial charge is 0.277 e. The van der Waals surface area contributed by atoms with E-state index in [1.54, 1.807) is 0 Å². The Hall–Kier alpha value is -5.39. The molecule has 0 radical (unpaired) electrons. The number of rotatable bonds is 3. The van der Waals surface area contributed by atoms with Crippen LogP contribution in [0.2, 0.25) is 0 Å². The summed E-state index contributed by atoms with van der Waals surface area (Å²) in [5, 5.41) is 5.10. The highest BCUT2D eigenvalue weighted by molar-refractivity contribution is 7.26. The summed E-state index contributed by atoms with van der Waals surface area (Å²) < 4.78 is 2.52. The summed E-state index contributed by atoms with van der Waals surface area (Å²) in [7, 11) is 0. The van der Waals surface area contributed by atoms with Crippen molar-refractivity contribution >= 4 is 59.6 Å². The molecule has 0 spiro atoms. The first kappa shape index (κ1) is 26.1. The molecule has 0 atom stereocenters.